The molecule has 1 saturated carbocycles. The van der Waals surface area contributed by atoms with Gasteiger partial charge in [0.05, 0.1) is 17.9 Å². The lowest BCUT2D eigenvalue weighted by Crippen LogP contribution is -2.18. The Balaban J connectivity index is 0.000000455. The molecule has 1 amide bonds. The van der Waals surface area contributed by atoms with E-state index in [9.17, 15) is 4.79 Å². The third-order valence-electron chi connectivity index (χ3n) is 6.02. The van der Waals surface area contributed by atoms with Crippen LogP contribution in [0.1, 0.15) is 38.1 Å². The highest BCUT2D eigenvalue weighted by molar-refractivity contribution is 5.69. The molecule has 0 radical (unpaired) electrons. The van der Waals surface area contributed by atoms with Crippen LogP contribution >= 0.6 is 0 Å². The van der Waals surface area contributed by atoms with Crippen molar-refractivity contribution in [2.75, 3.05) is 19.8 Å². The van der Waals surface area contributed by atoms with E-state index in [4.69, 9.17) is 10.8 Å². The van der Waals surface area contributed by atoms with E-state index in [0.29, 0.717) is 17.7 Å². The van der Waals surface area contributed by atoms with Gasteiger partial charge in [-0.1, -0.05) is 37.5 Å². The summed E-state index contributed by atoms with van der Waals surface area (Å²) in [6, 6.07) is 12.1. The van der Waals surface area contributed by atoms with E-state index >= 15 is 0 Å². The third kappa shape index (κ3) is 6.21. The first-order chi connectivity index (χ1) is 17.4. The topological polar surface area (TPSA) is 136 Å². The zero-order chi connectivity index (χ0) is 25.5. The number of nitrogen functional groups attached to an aromatic ring is 1. The quantitative estimate of drug-likeness (QED) is 0.421. The first-order valence-corrected chi connectivity index (χ1v) is 11.9. The van der Waals surface area contributed by atoms with E-state index in [1.807, 2.05) is 48.9 Å². The summed E-state index contributed by atoms with van der Waals surface area (Å²) in [5.41, 5.74) is 10.3. The summed E-state index contributed by atoms with van der Waals surface area (Å²) in [5, 5.41) is 20.6. The highest BCUT2D eigenvalue weighted by Crippen LogP contribution is 2.29. The number of carboxylic acid groups (broad SMARTS) is 1. The maximum Gasteiger partial charge on any atom is 0.406 e. The summed E-state index contributed by atoms with van der Waals surface area (Å²) in [4.78, 5) is 19.9. The minimum atomic E-state index is -0.907. The molecule has 10 nitrogen and oxygen atoms in total. The lowest BCUT2D eigenvalue weighted by Gasteiger charge is -2.21. The molecule has 186 valence electrons. The largest absolute Gasteiger partial charge is 0.465 e. The molecule has 0 spiro atoms. The fourth-order valence-corrected chi connectivity index (χ4v) is 3.97. The number of nitrogens with zero attached hydrogens (tertiary/aromatic N) is 7. The summed E-state index contributed by atoms with van der Waals surface area (Å²) in [7, 11) is 2.95. The molecule has 1 aliphatic carbocycles. The Morgan fingerprint density at radius 3 is 2.28 bits per heavy atom. The molecule has 4 aromatic rings. The molecular formula is C26H30N8O2. The first kappa shape index (κ1) is 24.8. The van der Waals surface area contributed by atoms with E-state index in [0.717, 1.165) is 32.8 Å². The average Bonchev–Trinajstić information content (AvgIpc) is 3.41. The Morgan fingerprint density at radius 2 is 1.64 bits per heavy atom. The monoisotopic (exact) mass is 486 g/mol. The molecule has 1 aromatic carbocycles. The van der Waals surface area contributed by atoms with Crippen molar-refractivity contribution < 1.29 is 9.90 Å². The number of rotatable bonds is 4. The Morgan fingerprint density at radius 1 is 0.944 bits per heavy atom. The molecule has 1 fully saturated rings. The molecule has 3 N–H and O–H groups in total. The average molecular weight is 487 g/mol. The maximum absolute atomic E-state index is 9.62. The Kier molecular flexibility index (Phi) is 7.84. The number of amides is 1. The van der Waals surface area contributed by atoms with Gasteiger partial charge in [-0.3, -0.25) is 4.68 Å². The van der Waals surface area contributed by atoms with Crippen molar-refractivity contribution in [3.05, 3.63) is 61.2 Å². The molecule has 0 atom stereocenters. The smallest absolute Gasteiger partial charge is 0.406 e. The lowest BCUT2D eigenvalue weighted by atomic mass is 9.96. The van der Waals surface area contributed by atoms with Crippen LogP contribution in [0, 0.1) is 0 Å². The number of nitrogens with two attached hydrogens (primary N) is 1. The van der Waals surface area contributed by atoms with Crippen LogP contribution < -0.4 is 5.73 Å². The van der Waals surface area contributed by atoms with Gasteiger partial charge in [0.25, 0.3) is 0 Å². The highest BCUT2D eigenvalue weighted by atomic mass is 16.4. The van der Waals surface area contributed by atoms with Gasteiger partial charge in [0.2, 0.25) is 0 Å². The molecule has 3 aromatic heterocycles. The molecule has 0 bridgehead atoms. The predicted molar refractivity (Wildman–Crippen MR) is 138 cm³/mol. The lowest BCUT2D eigenvalue weighted by molar-refractivity contribution is 0.165. The second-order valence-electron chi connectivity index (χ2n) is 8.90. The molecular weight excluding hydrogens is 456 g/mol. The number of benzene rings is 1. The van der Waals surface area contributed by atoms with Crippen LogP contribution in [0.5, 0.6) is 0 Å². The number of aromatic nitrogens is 6. The summed E-state index contributed by atoms with van der Waals surface area (Å²) in [6.07, 6.45) is 13.2. The Bertz CT molecular complexity index is 1280. The van der Waals surface area contributed by atoms with Crippen molar-refractivity contribution in [3.63, 3.8) is 0 Å². The van der Waals surface area contributed by atoms with Gasteiger partial charge in [0.1, 0.15) is 5.82 Å². The standard InChI is InChI=1S/C23H23N7.C3H7NO2/c24-22-10-9-21(28-29-22)16-5-4-6-17(11-16)23-25-12-18(13-26-23)19-14-27-30(15-19)20-7-2-1-3-8-20;1-4(2)3(5)6/h4-6,9-15,20H,1-3,7-8H2,(H2,24,29);1-2H3,(H,5,6). The van der Waals surface area contributed by atoms with Crippen molar-refractivity contribution in [1.82, 2.24) is 34.8 Å². The zero-order valence-electron chi connectivity index (χ0n) is 20.4. The molecule has 0 aliphatic heterocycles. The van der Waals surface area contributed by atoms with Gasteiger partial charge in [0, 0.05) is 54.9 Å². The number of anilines is 1. The second kappa shape index (κ2) is 11.4. The molecule has 1 aliphatic rings. The molecule has 10 heteroatoms. The van der Waals surface area contributed by atoms with Gasteiger partial charge in [-0.15, -0.1) is 10.2 Å². The van der Waals surface area contributed by atoms with E-state index in [-0.39, 0.29) is 0 Å². The van der Waals surface area contributed by atoms with Crippen LogP contribution in [0.15, 0.2) is 61.2 Å². The van der Waals surface area contributed by atoms with Crippen LogP contribution in [-0.2, 0) is 0 Å². The normalized spacial score (nSPS) is 13.5. The molecule has 0 saturated heterocycles. The van der Waals surface area contributed by atoms with Crippen molar-refractivity contribution in [1.29, 1.82) is 0 Å². The number of hydrogen-bond acceptors (Lipinski definition) is 7. The molecule has 36 heavy (non-hydrogen) atoms. The SMILES string of the molecule is CN(C)C(=O)O.Nc1ccc(-c2cccc(-c3ncc(-c4cnn(C5CCCCC5)c4)cn3)c2)nn1. The number of carbonyl (C=O) groups is 1. The van der Waals surface area contributed by atoms with Gasteiger partial charge in [-0.25, -0.2) is 14.8 Å². The van der Waals surface area contributed by atoms with Crippen molar-refractivity contribution in [2.24, 2.45) is 0 Å². The maximum atomic E-state index is 9.62. The Labute approximate surface area is 209 Å². The van der Waals surface area contributed by atoms with Gasteiger partial charge in [-0.05, 0) is 31.0 Å². The van der Waals surface area contributed by atoms with Crippen molar-refractivity contribution in [3.8, 4) is 33.8 Å². The van der Waals surface area contributed by atoms with Gasteiger partial charge in [-0.2, -0.15) is 5.10 Å². The minimum absolute atomic E-state index is 0.403. The molecule has 3 heterocycles. The van der Waals surface area contributed by atoms with Crippen molar-refractivity contribution >= 4 is 11.9 Å². The fourth-order valence-electron chi connectivity index (χ4n) is 3.97. The van der Waals surface area contributed by atoms with Crippen LogP contribution in [0.3, 0.4) is 0 Å². The fraction of sp³-hybridized carbons (Fsp3) is 0.308. The second-order valence-corrected chi connectivity index (χ2v) is 8.90. The summed E-state index contributed by atoms with van der Waals surface area (Å²) in [6.45, 7) is 0. The van der Waals surface area contributed by atoms with Gasteiger partial charge >= 0.3 is 6.09 Å². The molecule has 0 unspecified atom stereocenters. The first-order valence-electron chi connectivity index (χ1n) is 11.9. The van der Waals surface area contributed by atoms with Crippen LogP contribution in [0.4, 0.5) is 10.6 Å². The summed E-state index contributed by atoms with van der Waals surface area (Å²) >= 11 is 0. The number of hydrogen-bond donors (Lipinski definition) is 2. The van der Waals surface area contributed by atoms with Crippen LogP contribution in [0.2, 0.25) is 0 Å². The third-order valence-corrected chi connectivity index (χ3v) is 6.02. The van der Waals surface area contributed by atoms with Gasteiger partial charge < -0.3 is 15.7 Å². The van der Waals surface area contributed by atoms with E-state index in [1.54, 1.807) is 6.07 Å². The predicted octanol–water partition coefficient (Wildman–Crippen LogP) is 4.78. The van der Waals surface area contributed by atoms with E-state index < -0.39 is 6.09 Å². The Hall–Kier alpha value is -4.34. The zero-order valence-corrected chi connectivity index (χ0v) is 20.4. The van der Waals surface area contributed by atoms with Crippen molar-refractivity contribution in [2.45, 2.75) is 38.1 Å². The van der Waals surface area contributed by atoms with E-state index in [2.05, 4.69) is 36.1 Å². The molecule has 5 rings (SSSR count). The summed E-state index contributed by atoms with van der Waals surface area (Å²) in [5.74, 6) is 1.07. The van der Waals surface area contributed by atoms with Crippen LogP contribution in [0.25, 0.3) is 33.8 Å². The summed E-state index contributed by atoms with van der Waals surface area (Å²) < 4.78 is 2.11. The van der Waals surface area contributed by atoms with Gasteiger partial charge in [0.15, 0.2) is 5.82 Å². The minimum Gasteiger partial charge on any atom is -0.465 e. The van der Waals surface area contributed by atoms with E-state index in [1.165, 1.54) is 46.2 Å². The highest BCUT2D eigenvalue weighted by Gasteiger charge is 2.16. The van der Waals surface area contributed by atoms with Crippen LogP contribution in [-0.4, -0.2) is 60.1 Å².